The van der Waals surface area contributed by atoms with Gasteiger partial charge in [-0.3, -0.25) is 9.69 Å². The molecule has 3 heterocycles. The normalized spacial score (nSPS) is 17.4. The first-order chi connectivity index (χ1) is 13.6. The molecule has 4 rings (SSSR count). The third-order valence-corrected chi connectivity index (χ3v) is 6.64. The summed E-state index contributed by atoms with van der Waals surface area (Å²) in [5, 5.41) is 5.73. The molecule has 0 unspecified atom stereocenters. The lowest BCUT2D eigenvalue weighted by Crippen LogP contribution is -2.27. The van der Waals surface area contributed by atoms with Crippen LogP contribution >= 0.6 is 23.6 Å². The Bertz CT molecular complexity index is 1020. The van der Waals surface area contributed by atoms with Crippen LogP contribution in [0.15, 0.2) is 24.3 Å². The number of hydrogen-bond acceptors (Lipinski definition) is 7. The molecule has 0 aliphatic carbocycles. The number of thiazole rings is 1. The lowest BCUT2D eigenvalue weighted by atomic mass is 10.2. The van der Waals surface area contributed by atoms with E-state index in [0.29, 0.717) is 23.9 Å². The van der Waals surface area contributed by atoms with Crippen LogP contribution in [-0.4, -0.2) is 43.4 Å². The predicted molar refractivity (Wildman–Crippen MR) is 111 cm³/mol. The van der Waals surface area contributed by atoms with Crippen molar-refractivity contribution < 1.29 is 9.53 Å². The van der Waals surface area contributed by atoms with Crippen molar-refractivity contribution in [1.29, 1.82) is 0 Å². The first-order valence-electron chi connectivity index (χ1n) is 9.44. The number of ether oxygens (including phenoxy) is 1. The maximum atomic E-state index is 11.8. The Morgan fingerprint density at radius 3 is 3.00 bits per heavy atom. The van der Waals surface area contributed by atoms with Gasteiger partial charge in [-0.15, -0.1) is 11.3 Å². The van der Waals surface area contributed by atoms with Crippen molar-refractivity contribution >= 4 is 39.7 Å². The molecule has 148 valence electrons. The largest absolute Gasteiger partial charge is 0.466 e. The molecule has 1 aromatic carbocycles. The van der Waals surface area contributed by atoms with E-state index in [9.17, 15) is 4.79 Å². The molecule has 1 aliphatic heterocycles. The van der Waals surface area contributed by atoms with Crippen molar-refractivity contribution in [3.8, 4) is 0 Å². The minimum atomic E-state index is -0.286. The van der Waals surface area contributed by atoms with E-state index in [0.717, 1.165) is 29.9 Å². The summed E-state index contributed by atoms with van der Waals surface area (Å²) < 4.78 is 10.4. The number of carbonyl (C=O) groups is 1. The van der Waals surface area contributed by atoms with Gasteiger partial charge in [-0.05, 0) is 44.1 Å². The molecular weight excluding hydrogens is 394 g/mol. The number of nitrogens with zero attached hydrogens (tertiary/aromatic N) is 5. The monoisotopic (exact) mass is 417 g/mol. The summed E-state index contributed by atoms with van der Waals surface area (Å²) in [4.78, 5) is 19.0. The molecule has 0 N–H and O–H groups in total. The van der Waals surface area contributed by atoms with Gasteiger partial charge < -0.3 is 9.30 Å². The van der Waals surface area contributed by atoms with E-state index in [2.05, 4.69) is 28.2 Å². The van der Waals surface area contributed by atoms with Crippen LogP contribution in [0.3, 0.4) is 0 Å². The van der Waals surface area contributed by atoms with Gasteiger partial charge in [0.05, 0.1) is 29.5 Å². The van der Waals surface area contributed by atoms with Crippen molar-refractivity contribution in [3.63, 3.8) is 0 Å². The zero-order valence-electron chi connectivity index (χ0n) is 16.0. The van der Waals surface area contributed by atoms with Gasteiger partial charge in [0, 0.05) is 13.6 Å². The van der Waals surface area contributed by atoms with Gasteiger partial charge in [-0.1, -0.05) is 12.1 Å². The van der Waals surface area contributed by atoms with Gasteiger partial charge >= 0.3 is 5.97 Å². The van der Waals surface area contributed by atoms with Crippen molar-refractivity contribution in [2.24, 2.45) is 7.05 Å². The summed E-state index contributed by atoms with van der Waals surface area (Å²) in [6.45, 7) is 3.73. The maximum Gasteiger partial charge on any atom is 0.313 e. The summed E-state index contributed by atoms with van der Waals surface area (Å²) in [5.74, 6) is 0.338. The molecule has 28 heavy (non-hydrogen) atoms. The number of para-hydroxylation sites is 1. The molecule has 2 aromatic heterocycles. The molecule has 3 aromatic rings. The average molecular weight is 418 g/mol. The summed E-state index contributed by atoms with van der Waals surface area (Å²) in [7, 11) is 1.84. The second kappa shape index (κ2) is 8.10. The number of carbonyl (C=O) groups excluding carboxylic acids is 1. The lowest BCUT2D eigenvalue weighted by molar-refractivity contribution is -0.142. The molecule has 0 radical (unpaired) electrons. The van der Waals surface area contributed by atoms with E-state index < -0.39 is 0 Å². The quantitative estimate of drug-likeness (QED) is 0.452. The maximum absolute atomic E-state index is 11.8. The minimum Gasteiger partial charge on any atom is -0.466 e. The van der Waals surface area contributed by atoms with Gasteiger partial charge in [0.25, 0.3) is 0 Å². The standard InChI is InChI=1S/C19H23N5O2S2/c1-3-26-17(25)11-16-21-24(19(27)22(16)2)12-23-10-6-8-14(23)18-20-13-7-4-5-9-15(13)28-18/h4-5,7,9,14H,3,6,8,10-12H2,1-2H3/t14-/m1/s1. The zero-order valence-corrected chi connectivity index (χ0v) is 17.6. The van der Waals surface area contributed by atoms with Gasteiger partial charge in [-0.25, -0.2) is 9.67 Å². The van der Waals surface area contributed by atoms with Crippen molar-refractivity contribution in [2.45, 2.75) is 38.9 Å². The molecule has 0 saturated carbocycles. The lowest BCUT2D eigenvalue weighted by Gasteiger charge is -2.22. The van der Waals surface area contributed by atoms with E-state index in [1.54, 1.807) is 27.5 Å². The van der Waals surface area contributed by atoms with E-state index in [4.69, 9.17) is 21.9 Å². The summed E-state index contributed by atoms with van der Waals surface area (Å²) in [6, 6.07) is 8.53. The fourth-order valence-electron chi connectivity index (χ4n) is 3.60. The average Bonchev–Trinajstić information content (AvgIpc) is 3.37. The van der Waals surface area contributed by atoms with E-state index >= 15 is 0 Å². The first-order valence-corrected chi connectivity index (χ1v) is 10.7. The third kappa shape index (κ3) is 3.74. The Labute approximate surface area is 172 Å². The molecule has 0 bridgehead atoms. The highest BCUT2D eigenvalue weighted by Crippen LogP contribution is 2.36. The molecule has 0 spiro atoms. The number of hydrogen-bond donors (Lipinski definition) is 0. The smallest absolute Gasteiger partial charge is 0.313 e. The second-order valence-electron chi connectivity index (χ2n) is 6.87. The molecule has 1 atom stereocenters. The van der Waals surface area contributed by atoms with Crippen LogP contribution in [0.25, 0.3) is 10.2 Å². The number of likely N-dealkylation sites (tertiary alicyclic amines) is 1. The van der Waals surface area contributed by atoms with Gasteiger partial charge in [0.2, 0.25) is 0 Å². The van der Waals surface area contributed by atoms with Crippen LogP contribution < -0.4 is 0 Å². The highest BCUT2D eigenvalue weighted by Gasteiger charge is 2.29. The van der Waals surface area contributed by atoms with Crippen LogP contribution in [0.4, 0.5) is 0 Å². The highest BCUT2D eigenvalue weighted by molar-refractivity contribution is 7.71. The predicted octanol–water partition coefficient (Wildman–Crippen LogP) is 3.46. The Balaban J connectivity index is 1.54. The fourth-order valence-corrected chi connectivity index (χ4v) is 4.94. The van der Waals surface area contributed by atoms with E-state index in [-0.39, 0.29) is 18.4 Å². The Morgan fingerprint density at radius 2 is 2.21 bits per heavy atom. The number of fused-ring (bicyclic) bond motifs is 1. The van der Waals surface area contributed by atoms with Crippen LogP contribution in [0.5, 0.6) is 0 Å². The summed E-state index contributed by atoms with van der Waals surface area (Å²) in [5.41, 5.74) is 1.06. The molecule has 1 aliphatic rings. The Hall–Kier alpha value is -2.10. The second-order valence-corrected chi connectivity index (χ2v) is 8.30. The Kier molecular flexibility index (Phi) is 5.56. The molecule has 7 nitrogen and oxygen atoms in total. The van der Waals surface area contributed by atoms with E-state index in [1.807, 2.05) is 13.1 Å². The number of rotatable bonds is 6. The first kappa shape index (κ1) is 19.2. The fraction of sp³-hybridized carbons (Fsp3) is 0.474. The molecule has 1 fully saturated rings. The van der Waals surface area contributed by atoms with Gasteiger partial charge in [0.1, 0.15) is 17.3 Å². The summed E-state index contributed by atoms with van der Waals surface area (Å²) >= 11 is 7.31. The van der Waals surface area contributed by atoms with Crippen molar-refractivity contribution in [2.75, 3.05) is 13.2 Å². The number of benzene rings is 1. The van der Waals surface area contributed by atoms with Crippen LogP contribution in [-0.2, 0) is 29.7 Å². The van der Waals surface area contributed by atoms with Crippen molar-refractivity contribution in [3.05, 3.63) is 39.9 Å². The topological polar surface area (TPSA) is 65.2 Å². The number of aromatic nitrogens is 4. The zero-order chi connectivity index (χ0) is 19.7. The number of esters is 1. The van der Waals surface area contributed by atoms with E-state index in [1.165, 1.54) is 4.70 Å². The summed E-state index contributed by atoms with van der Waals surface area (Å²) in [6.07, 6.45) is 2.33. The SMILES string of the molecule is CCOC(=O)Cc1nn(CN2CCC[C@@H]2c2nc3ccccc3s2)c(=S)n1C. The Morgan fingerprint density at radius 1 is 1.39 bits per heavy atom. The van der Waals surface area contributed by atoms with Gasteiger partial charge in [0.15, 0.2) is 4.77 Å². The third-order valence-electron chi connectivity index (χ3n) is 5.01. The molecule has 9 heteroatoms. The van der Waals surface area contributed by atoms with Crippen LogP contribution in [0.2, 0.25) is 0 Å². The molecule has 0 amide bonds. The van der Waals surface area contributed by atoms with Crippen LogP contribution in [0.1, 0.15) is 36.6 Å². The highest BCUT2D eigenvalue weighted by atomic mass is 32.1. The van der Waals surface area contributed by atoms with Crippen LogP contribution in [0, 0.1) is 4.77 Å². The van der Waals surface area contributed by atoms with Crippen molar-refractivity contribution in [1.82, 2.24) is 24.2 Å². The minimum absolute atomic E-state index is 0.127. The molecular formula is C19H23N5O2S2. The molecule has 1 saturated heterocycles. The van der Waals surface area contributed by atoms with Gasteiger partial charge in [-0.2, -0.15) is 5.10 Å².